The van der Waals surface area contributed by atoms with E-state index in [1.54, 1.807) is 12.1 Å². The molecule has 0 saturated heterocycles. The molecule has 24 heavy (non-hydrogen) atoms. The second-order valence-corrected chi connectivity index (χ2v) is 5.09. The van der Waals surface area contributed by atoms with Gasteiger partial charge in [0.05, 0.1) is 12.9 Å². The van der Waals surface area contributed by atoms with Gasteiger partial charge in [-0.3, -0.25) is 4.79 Å². The highest BCUT2D eigenvalue weighted by molar-refractivity contribution is 6.02. The molecule has 2 aromatic carbocycles. The first-order valence-corrected chi connectivity index (χ1v) is 7.69. The van der Waals surface area contributed by atoms with E-state index in [0.29, 0.717) is 12.3 Å². The maximum absolute atomic E-state index is 11.9. The van der Waals surface area contributed by atoms with Crippen LogP contribution in [0.3, 0.4) is 0 Å². The molecule has 0 atom stereocenters. The van der Waals surface area contributed by atoms with Crippen LogP contribution in [0.15, 0.2) is 71.3 Å². The maximum atomic E-state index is 11.9. The molecule has 1 amide bonds. The van der Waals surface area contributed by atoms with Crippen LogP contribution in [0.5, 0.6) is 5.75 Å². The molecule has 0 unspecified atom stereocenters. The predicted octanol–water partition coefficient (Wildman–Crippen LogP) is 4.67. The van der Waals surface area contributed by atoms with Gasteiger partial charge in [0.15, 0.2) is 5.76 Å². The number of ether oxygens (including phenoxy) is 1. The quantitative estimate of drug-likeness (QED) is 0.692. The number of anilines is 3. The van der Waals surface area contributed by atoms with Crippen LogP contribution < -0.4 is 15.4 Å². The number of amides is 1. The Morgan fingerprint density at radius 2 is 1.58 bits per heavy atom. The maximum Gasteiger partial charge on any atom is 0.291 e. The number of furan rings is 1. The van der Waals surface area contributed by atoms with Crippen molar-refractivity contribution in [2.45, 2.75) is 6.92 Å². The van der Waals surface area contributed by atoms with E-state index in [4.69, 9.17) is 9.15 Å². The molecule has 1 heterocycles. The van der Waals surface area contributed by atoms with Crippen LogP contribution in [0.25, 0.3) is 0 Å². The Balaban J connectivity index is 1.61. The van der Waals surface area contributed by atoms with Gasteiger partial charge < -0.3 is 19.8 Å². The molecule has 0 fully saturated rings. The molecular formula is C19H18N2O3. The molecule has 0 aliphatic carbocycles. The van der Waals surface area contributed by atoms with Crippen molar-refractivity contribution in [1.29, 1.82) is 0 Å². The first kappa shape index (κ1) is 15.7. The minimum absolute atomic E-state index is 0.271. The molecule has 3 rings (SSSR count). The Hall–Kier alpha value is -3.21. The molecule has 122 valence electrons. The highest BCUT2D eigenvalue weighted by Gasteiger charge is 2.08. The third kappa shape index (κ3) is 3.95. The van der Waals surface area contributed by atoms with Gasteiger partial charge in [-0.15, -0.1) is 0 Å². The standard InChI is InChI=1S/C19H18N2O3/c1-2-23-17-11-9-15(10-12-17)20-14-5-7-16(8-6-14)21-19(22)18-4-3-13-24-18/h3-13,20H,2H2,1H3,(H,21,22). The Morgan fingerprint density at radius 1 is 0.958 bits per heavy atom. The van der Waals surface area contributed by atoms with E-state index in [0.717, 1.165) is 17.1 Å². The summed E-state index contributed by atoms with van der Waals surface area (Å²) in [6, 6.07) is 18.5. The number of hydrogen-bond acceptors (Lipinski definition) is 4. The Kier molecular flexibility index (Phi) is 4.81. The third-order valence-corrected chi connectivity index (χ3v) is 3.34. The van der Waals surface area contributed by atoms with Crippen LogP contribution >= 0.6 is 0 Å². The molecule has 2 N–H and O–H groups in total. The molecule has 0 spiro atoms. The molecule has 0 aliphatic heterocycles. The molecule has 0 bridgehead atoms. The van der Waals surface area contributed by atoms with E-state index in [9.17, 15) is 4.79 Å². The number of benzene rings is 2. The number of carbonyl (C=O) groups is 1. The van der Waals surface area contributed by atoms with Crippen LogP contribution in [-0.4, -0.2) is 12.5 Å². The summed E-state index contributed by atoms with van der Waals surface area (Å²) in [5.74, 6) is 0.859. The van der Waals surface area contributed by atoms with Gasteiger partial charge in [0.25, 0.3) is 5.91 Å². The Bertz CT molecular complexity index is 778. The van der Waals surface area contributed by atoms with Crippen molar-refractivity contribution in [2.75, 3.05) is 17.2 Å². The highest BCUT2D eigenvalue weighted by atomic mass is 16.5. The van der Waals surface area contributed by atoms with E-state index in [1.807, 2.05) is 55.5 Å². The highest BCUT2D eigenvalue weighted by Crippen LogP contribution is 2.21. The summed E-state index contributed by atoms with van der Waals surface area (Å²) in [4.78, 5) is 11.9. The number of carbonyl (C=O) groups excluding carboxylic acids is 1. The minimum Gasteiger partial charge on any atom is -0.494 e. The lowest BCUT2D eigenvalue weighted by Gasteiger charge is -2.09. The summed E-state index contributed by atoms with van der Waals surface area (Å²) in [5, 5.41) is 6.07. The lowest BCUT2D eigenvalue weighted by atomic mass is 10.2. The first-order valence-electron chi connectivity index (χ1n) is 7.69. The fourth-order valence-corrected chi connectivity index (χ4v) is 2.21. The zero-order valence-electron chi connectivity index (χ0n) is 13.3. The van der Waals surface area contributed by atoms with Crippen LogP contribution in [0.2, 0.25) is 0 Å². The largest absolute Gasteiger partial charge is 0.494 e. The van der Waals surface area contributed by atoms with Crippen molar-refractivity contribution in [3.63, 3.8) is 0 Å². The summed E-state index contributed by atoms with van der Waals surface area (Å²) >= 11 is 0. The number of nitrogens with one attached hydrogen (secondary N) is 2. The molecular weight excluding hydrogens is 304 g/mol. The average Bonchev–Trinajstić information content (AvgIpc) is 3.13. The average molecular weight is 322 g/mol. The second-order valence-electron chi connectivity index (χ2n) is 5.09. The Morgan fingerprint density at radius 3 is 2.17 bits per heavy atom. The minimum atomic E-state index is -0.271. The molecule has 0 aliphatic rings. The van der Waals surface area contributed by atoms with E-state index in [-0.39, 0.29) is 11.7 Å². The van der Waals surface area contributed by atoms with Crippen LogP contribution in [-0.2, 0) is 0 Å². The van der Waals surface area contributed by atoms with E-state index in [2.05, 4.69) is 10.6 Å². The van der Waals surface area contributed by atoms with Crippen LogP contribution in [0.1, 0.15) is 17.5 Å². The first-order chi connectivity index (χ1) is 11.7. The normalized spacial score (nSPS) is 10.2. The van der Waals surface area contributed by atoms with Crippen molar-refractivity contribution in [3.05, 3.63) is 72.7 Å². The van der Waals surface area contributed by atoms with Gasteiger partial charge in [0.2, 0.25) is 0 Å². The zero-order chi connectivity index (χ0) is 16.8. The zero-order valence-corrected chi connectivity index (χ0v) is 13.3. The van der Waals surface area contributed by atoms with Crippen LogP contribution in [0, 0.1) is 0 Å². The van der Waals surface area contributed by atoms with Gasteiger partial charge in [-0.2, -0.15) is 0 Å². The molecule has 0 saturated carbocycles. The van der Waals surface area contributed by atoms with E-state index < -0.39 is 0 Å². The predicted molar refractivity (Wildman–Crippen MR) is 94.0 cm³/mol. The van der Waals surface area contributed by atoms with E-state index >= 15 is 0 Å². The summed E-state index contributed by atoms with van der Waals surface area (Å²) in [7, 11) is 0. The van der Waals surface area contributed by atoms with Crippen molar-refractivity contribution < 1.29 is 13.9 Å². The molecule has 3 aromatic rings. The van der Waals surface area contributed by atoms with Crippen molar-refractivity contribution >= 4 is 23.0 Å². The molecule has 5 heteroatoms. The van der Waals surface area contributed by atoms with E-state index in [1.165, 1.54) is 6.26 Å². The summed E-state index contributed by atoms with van der Waals surface area (Å²) < 4.78 is 10.5. The molecule has 1 aromatic heterocycles. The van der Waals surface area contributed by atoms with Crippen LogP contribution in [0.4, 0.5) is 17.1 Å². The fourth-order valence-electron chi connectivity index (χ4n) is 2.21. The SMILES string of the molecule is CCOc1ccc(Nc2ccc(NC(=O)c3ccco3)cc2)cc1. The Labute approximate surface area is 140 Å². The van der Waals surface area contributed by atoms with Gasteiger partial charge in [-0.1, -0.05) is 0 Å². The summed E-state index contributed by atoms with van der Waals surface area (Å²) in [5.41, 5.74) is 2.59. The van der Waals surface area contributed by atoms with Gasteiger partial charge >= 0.3 is 0 Å². The topological polar surface area (TPSA) is 63.5 Å². The van der Waals surface area contributed by atoms with Gasteiger partial charge in [-0.25, -0.2) is 0 Å². The van der Waals surface area contributed by atoms with Gasteiger partial charge in [0, 0.05) is 17.1 Å². The lowest BCUT2D eigenvalue weighted by molar-refractivity contribution is 0.0996. The number of hydrogen-bond donors (Lipinski definition) is 2. The number of rotatable bonds is 6. The monoisotopic (exact) mass is 322 g/mol. The molecule has 5 nitrogen and oxygen atoms in total. The summed E-state index contributed by atoms with van der Waals surface area (Å²) in [6.07, 6.45) is 1.47. The van der Waals surface area contributed by atoms with Crippen molar-refractivity contribution in [1.82, 2.24) is 0 Å². The van der Waals surface area contributed by atoms with Crippen molar-refractivity contribution in [2.24, 2.45) is 0 Å². The summed E-state index contributed by atoms with van der Waals surface area (Å²) in [6.45, 7) is 2.61. The van der Waals surface area contributed by atoms with Crippen molar-refractivity contribution in [3.8, 4) is 5.75 Å². The third-order valence-electron chi connectivity index (χ3n) is 3.34. The fraction of sp³-hybridized carbons (Fsp3) is 0.105. The second kappa shape index (κ2) is 7.37. The smallest absolute Gasteiger partial charge is 0.291 e. The lowest BCUT2D eigenvalue weighted by Crippen LogP contribution is -2.10. The van der Waals surface area contributed by atoms with Gasteiger partial charge in [0.1, 0.15) is 5.75 Å². The molecule has 0 radical (unpaired) electrons. The van der Waals surface area contributed by atoms with Gasteiger partial charge in [-0.05, 0) is 67.6 Å².